The molecule has 0 spiro atoms. The number of nitriles is 1. The van der Waals surface area contributed by atoms with Gasteiger partial charge in [0.25, 0.3) is 0 Å². The highest BCUT2D eigenvalue weighted by Crippen LogP contribution is 2.21. The lowest BCUT2D eigenvalue weighted by atomic mass is 10.2. The number of hydrogen-bond acceptors (Lipinski definition) is 4. The summed E-state index contributed by atoms with van der Waals surface area (Å²) in [6.45, 7) is 4.43. The lowest BCUT2D eigenvalue weighted by Gasteiger charge is -2.07. The Morgan fingerprint density at radius 1 is 1.35 bits per heavy atom. The molecule has 0 unspecified atom stereocenters. The minimum absolute atomic E-state index is 0.455. The molecule has 0 fully saturated rings. The van der Waals surface area contributed by atoms with Crippen LogP contribution in [-0.2, 0) is 11.3 Å². The molecule has 1 heterocycles. The first kappa shape index (κ1) is 14.4. The van der Waals surface area contributed by atoms with Gasteiger partial charge < -0.3 is 15.0 Å². The number of benzene rings is 1. The highest BCUT2D eigenvalue weighted by Gasteiger charge is 2.10. The fraction of sp³-hybridized carbons (Fsp3) is 0.467. The van der Waals surface area contributed by atoms with E-state index >= 15 is 0 Å². The van der Waals surface area contributed by atoms with Crippen molar-refractivity contribution < 1.29 is 4.74 Å². The normalized spacial score (nSPS) is 10.8. The molecule has 2 N–H and O–H groups in total. The molecule has 1 aromatic heterocycles. The van der Waals surface area contributed by atoms with Gasteiger partial charge in [-0.05, 0) is 25.0 Å². The Kier molecular flexibility index (Phi) is 4.97. The highest BCUT2D eigenvalue weighted by molar-refractivity contribution is 5.83. The smallest absolute Gasteiger partial charge is 0.201 e. The van der Waals surface area contributed by atoms with E-state index in [1.165, 1.54) is 0 Å². The maximum Gasteiger partial charge on any atom is 0.201 e. The second-order valence-electron chi connectivity index (χ2n) is 4.73. The molecule has 5 heteroatoms. The molecule has 1 aromatic carbocycles. The minimum atomic E-state index is 0.455. The third-order valence-electron chi connectivity index (χ3n) is 3.24. The largest absolute Gasteiger partial charge is 0.381 e. The molecule has 0 bridgehead atoms. The van der Waals surface area contributed by atoms with Gasteiger partial charge in [0.15, 0.2) is 0 Å². The first-order valence-corrected chi connectivity index (χ1v) is 7.00. The molecule has 2 aromatic rings. The number of aryl methyl sites for hydroxylation is 1. The minimum Gasteiger partial charge on any atom is -0.381 e. The van der Waals surface area contributed by atoms with Crippen LogP contribution in [0.4, 0.5) is 5.95 Å². The number of fused-ring (bicyclic) bond motifs is 1. The van der Waals surface area contributed by atoms with E-state index in [1.807, 2.05) is 16.7 Å². The summed E-state index contributed by atoms with van der Waals surface area (Å²) in [5.74, 6) is 0.455. The summed E-state index contributed by atoms with van der Waals surface area (Å²) >= 11 is 0. The summed E-state index contributed by atoms with van der Waals surface area (Å²) in [5, 5.41) is 9.07. The first-order valence-electron chi connectivity index (χ1n) is 7.00. The predicted molar refractivity (Wildman–Crippen MR) is 79.2 cm³/mol. The van der Waals surface area contributed by atoms with Crippen molar-refractivity contribution in [2.75, 3.05) is 18.9 Å². The third-order valence-corrected chi connectivity index (χ3v) is 3.24. The van der Waals surface area contributed by atoms with Gasteiger partial charge in [-0.3, -0.25) is 0 Å². The summed E-state index contributed by atoms with van der Waals surface area (Å²) < 4.78 is 7.49. The van der Waals surface area contributed by atoms with Crippen LogP contribution in [0.15, 0.2) is 18.2 Å². The van der Waals surface area contributed by atoms with Crippen LogP contribution in [0.2, 0.25) is 0 Å². The molecule has 0 radical (unpaired) electrons. The van der Waals surface area contributed by atoms with Gasteiger partial charge in [-0.25, -0.2) is 4.98 Å². The molecular formula is C15H20N4O. The average Bonchev–Trinajstić information content (AvgIpc) is 2.78. The molecule has 0 amide bonds. The molecule has 0 aliphatic rings. The van der Waals surface area contributed by atoms with Gasteiger partial charge in [0.2, 0.25) is 5.95 Å². The lowest BCUT2D eigenvalue weighted by molar-refractivity contribution is 0.126. The Balaban J connectivity index is 2.03. The predicted octanol–water partition coefficient (Wildman–Crippen LogP) is 2.70. The van der Waals surface area contributed by atoms with Gasteiger partial charge in [0, 0.05) is 19.8 Å². The van der Waals surface area contributed by atoms with Gasteiger partial charge in [0.1, 0.15) is 11.6 Å². The van der Waals surface area contributed by atoms with E-state index in [0.717, 1.165) is 44.5 Å². The molecule has 5 nitrogen and oxygen atoms in total. The van der Waals surface area contributed by atoms with Crippen molar-refractivity contribution >= 4 is 17.0 Å². The van der Waals surface area contributed by atoms with Crippen LogP contribution in [-0.4, -0.2) is 22.8 Å². The van der Waals surface area contributed by atoms with Crippen molar-refractivity contribution in [1.29, 1.82) is 5.26 Å². The Morgan fingerprint density at radius 3 is 2.90 bits per heavy atom. The first-order chi connectivity index (χ1) is 9.77. The zero-order chi connectivity index (χ0) is 14.4. The summed E-state index contributed by atoms with van der Waals surface area (Å²) in [7, 11) is 0. The average molecular weight is 272 g/mol. The number of imidazole rings is 1. The fourth-order valence-electron chi connectivity index (χ4n) is 2.16. The molecule has 106 valence electrons. The zero-order valence-corrected chi connectivity index (χ0v) is 11.8. The summed E-state index contributed by atoms with van der Waals surface area (Å²) in [6.07, 6.45) is 3.13. The Hall–Kier alpha value is -2.06. The van der Waals surface area contributed by atoms with E-state index in [0.29, 0.717) is 17.0 Å². The van der Waals surface area contributed by atoms with E-state index in [-0.39, 0.29) is 0 Å². The summed E-state index contributed by atoms with van der Waals surface area (Å²) in [4.78, 5) is 4.29. The number of para-hydroxylation sites is 1. The zero-order valence-electron chi connectivity index (χ0n) is 11.8. The molecule has 2 rings (SSSR count). The quantitative estimate of drug-likeness (QED) is 0.786. The second-order valence-corrected chi connectivity index (χ2v) is 4.73. The number of anilines is 1. The molecular weight excluding hydrogens is 252 g/mol. The monoisotopic (exact) mass is 272 g/mol. The molecule has 0 aliphatic heterocycles. The van der Waals surface area contributed by atoms with Crippen LogP contribution in [0.1, 0.15) is 31.7 Å². The number of unbranched alkanes of at least 4 members (excludes halogenated alkanes) is 1. The van der Waals surface area contributed by atoms with Crippen molar-refractivity contribution in [1.82, 2.24) is 9.55 Å². The Bertz CT molecular complexity index is 612. The summed E-state index contributed by atoms with van der Waals surface area (Å²) in [5.41, 5.74) is 8.10. The van der Waals surface area contributed by atoms with Gasteiger partial charge in [0.05, 0.1) is 11.1 Å². The SMILES string of the molecule is CCCCOCCCn1c(N)nc2c(C#N)cccc21. The number of aromatic nitrogens is 2. The van der Waals surface area contributed by atoms with Gasteiger partial charge >= 0.3 is 0 Å². The number of nitrogen functional groups attached to an aromatic ring is 1. The van der Waals surface area contributed by atoms with Crippen molar-refractivity contribution in [3.8, 4) is 6.07 Å². The van der Waals surface area contributed by atoms with Gasteiger partial charge in [-0.15, -0.1) is 0 Å². The van der Waals surface area contributed by atoms with E-state index in [2.05, 4.69) is 18.0 Å². The van der Waals surface area contributed by atoms with Crippen molar-refractivity contribution in [2.45, 2.75) is 32.7 Å². The van der Waals surface area contributed by atoms with Crippen LogP contribution in [0, 0.1) is 11.3 Å². The van der Waals surface area contributed by atoms with E-state index in [9.17, 15) is 0 Å². The van der Waals surface area contributed by atoms with Crippen molar-refractivity contribution in [2.24, 2.45) is 0 Å². The Labute approximate surface area is 119 Å². The summed E-state index contributed by atoms with van der Waals surface area (Å²) in [6, 6.07) is 7.70. The number of nitrogens with zero attached hydrogens (tertiary/aromatic N) is 3. The van der Waals surface area contributed by atoms with Crippen LogP contribution in [0.3, 0.4) is 0 Å². The molecule has 0 saturated carbocycles. The number of hydrogen-bond donors (Lipinski definition) is 1. The van der Waals surface area contributed by atoms with Gasteiger partial charge in [-0.2, -0.15) is 5.26 Å². The van der Waals surface area contributed by atoms with Crippen molar-refractivity contribution in [3.63, 3.8) is 0 Å². The fourth-order valence-corrected chi connectivity index (χ4v) is 2.16. The van der Waals surface area contributed by atoms with Crippen molar-refractivity contribution in [3.05, 3.63) is 23.8 Å². The van der Waals surface area contributed by atoms with Crippen LogP contribution in [0.5, 0.6) is 0 Å². The number of rotatable bonds is 7. The maximum atomic E-state index is 9.07. The highest BCUT2D eigenvalue weighted by atomic mass is 16.5. The van der Waals surface area contributed by atoms with Crippen LogP contribution >= 0.6 is 0 Å². The van der Waals surface area contributed by atoms with E-state index < -0.39 is 0 Å². The molecule has 20 heavy (non-hydrogen) atoms. The Morgan fingerprint density at radius 2 is 2.15 bits per heavy atom. The second kappa shape index (κ2) is 6.92. The topological polar surface area (TPSA) is 76.9 Å². The number of ether oxygens (including phenoxy) is 1. The maximum absolute atomic E-state index is 9.07. The molecule has 0 aliphatic carbocycles. The van der Waals surface area contributed by atoms with E-state index in [1.54, 1.807) is 6.07 Å². The number of nitrogens with two attached hydrogens (primary N) is 1. The molecule has 0 saturated heterocycles. The van der Waals surface area contributed by atoms with Crippen LogP contribution < -0.4 is 5.73 Å². The van der Waals surface area contributed by atoms with Crippen LogP contribution in [0.25, 0.3) is 11.0 Å². The van der Waals surface area contributed by atoms with E-state index in [4.69, 9.17) is 15.7 Å². The van der Waals surface area contributed by atoms with Gasteiger partial charge in [-0.1, -0.05) is 19.4 Å². The lowest BCUT2D eigenvalue weighted by Crippen LogP contribution is -2.06. The standard InChI is InChI=1S/C15H20N4O/c1-2-3-9-20-10-5-8-19-13-7-4-6-12(11-16)14(13)18-15(19)17/h4,6-7H,2-3,5,8-10H2,1H3,(H2,17,18). The molecule has 0 atom stereocenters. The third kappa shape index (κ3) is 3.09.